The normalized spacial score (nSPS) is 10.5. The number of rotatable bonds is 6. The van der Waals surface area contributed by atoms with Gasteiger partial charge in [0, 0.05) is 30.0 Å². The number of anilines is 1. The molecule has 0 aliphatic heterocycles. The number of nitrogens with zero attached hydrogens (tertiary/aromatic N) is 1. The third-order valence-electron chi connectivity index (χ3n) is 4.13. The number of H-pyrrole nitrogens is 1. The van der Waals surface area contributed by atoms with Crippen LogP contribution in [0.2, 0.25) is 0 Å². The summed E-state index contributed by atoms with van der Waals surface area (Å²) in [5.74, 6) is -1.18. The van der Waals surface area contributed by atoms with E-state index in [4.69, 9.17) is 4.74 Å². The number of amides is 1. The number of ether oxygens (including phenoxy) is 1. The fraction of sp³-hybridized carbons (Fsp3) is 0.300. The molecule has 0 atom stereocenters. The Balaban J connectivity index is 0.00000261. The number of pyridine rings is 1. The van der Waals surface area contributed by atoms with E-state index in [1.54, 1.807) is 18.5 Å². The van der Waals surface area contributed by atoms with Gasteiger partial charge in [0.25, 0.3) is 0 Å². The molecule has 0 fully saturated rings. The standard InChI is InChI=1S/C19H19F2N3O2.CH4/c1-3-4-17(25)24-16-6-5-15(20)14(18(16)21)7-11-9-22-19-13(11)8-12(26-2)10-23-19;/h5-6,8-10H,3-4,7H2,1-2H3,(H,22,23)(H,24,25);1H4. The lowest BCUT2D eigenvalue weighted by Gasteiger charge is -2.11. The van der Waals surface area contributed by atoms with Crippen LogP contribution < -0.4 is 10.1 Å². The zero-order valence-corrected chi connectivity index (χ0v) is 14.5. The quantitative estimate of drug-likeness (QED) is 0.649. The molecule has 0 aliphatic carbocycles. The molecule has 2 heterocycles. The highest BCUT2D eigenvalue weighted by molar-refractivity contribution is 5.91. The zero-order valence-electron chi connectivity index (χ0n) is 14.5. The molecule has 7 heteroatoms. The van der Waals surface area contributed by atoms with Crippen molar-refractivity contribution in [2.45, 2.75) is 33.6 Å². The van der Waals surface area contributed by atoms with Crippen molar-refractivity contribution >= 4 is 22.6 Å². The number of carbonyl (C=O) groups is 1. The first-order chi connectivity index (χ1) is 12.5. The van der Waals surface area contributed by atoms with Gasteiger partial charge in [-0.05, 0) is 30.2 Å². The molecule has 0 saturated carbocycles. The molecular formula is C20H23F2N3O2. The van der Waals surface area contributed by atoms with Crippen molar-refractivity contribution in [3.05, 3.63) is 53.4 Å². The fourth-order valence-electron chi connectivity index (χ4n) is 2.78. The summed E-state index contributed by atoms with van der Waals surface area (Å²) in [6.45, 7) is 1.85. The number of benzene rings is 1. The molecule has 144 valence electrons. The van der Waals surface area contributed by atoms with Crippen molar-refractivity contribution < 1.29 is 18.3 Å². The average molecular weight is 375 g/mol. The van der Waals surface area contributed by atoms with Crippen LogP contribution in [-0.2, 0) is 11.2 Å². The molecule has 1 amide bonds. The summed E-state index contributed by atoms with van der Waals surface area (Å²) in [7, 11) is 1.52. The Morgan fingerprint density at radius 2 is 2.11 bits per heavy atom. The molecule has 0 bridgehead atoms. The predicted molar refractivity (Wildman–Crippen MR) is 102 cm³/mol. The van der Waals surface area contributed by atoms with Gasteiger partial charge in [0.15, 0.2) is 5.82 Å². The number of aromatic nitrogens is 2. The maximum absolute atomic E-state index is 14.8. The Labute approximate surface area is 156 Å². The van der Waals surface area contributed by atoms with E-state index in [1.165, 1.54) is 13.2 Å². The second-order valence-electron chi connectivity index (χ2n) is 5.95. The molecule has 27 heavy (non-hydrogen) atoms. The number of aromatic amines is 1. The monoisotopic (exact) mass is 375 g/mol. The molecule has 1 aromatic carbocycles. The summed E-state index contributed by atoms with van der Waals surface area (Å²) < 4.78 is 34.2. The first kappa shape index (κ1) is 20.4. The van der Waals surface area contributed by atoms with Crippen molar-refractivity contribution in [2.24, 2.45) is 0 Å². The number of halogens is 2. The van der Waals surface area contributed by atoms with Gasteiger partial charge < -0.3 is 15.0 Å². The van der Waals surface area contributed by atoms with Gasteiger partial charge in [-0.25, -0.2) is 13.8 Å². The van der Waals surface area contributed by atoms with E-state index in [2.05, 4.69) is 15.3 Å². The van der Waals surface area contributed by atoms with Crippen molar-refractivity contribution in [3.8, 4) is 5.75 Å². The summed E-state index contributed by atoms with van der Waals surface area (Å²) in [5.41, 5.74) is 1.16. The Hall–Kier alpha value is -2.96. The van der Waals surface area contributed by atoms with Gasteiger partial charge in [-0.2, -0.15) is 0 Å². The van der Waals surface area contributed by atoms with Crippen LogP contribution >= 0.6 is 0 Å². The van der Waals surface area contributed by atoms with Crippen molar-refractivity contribution in [3.63, 3.8) is 0 Å². The van der Waals surface area contributed by atoms with E-state index >= 15 is 0 Å². The van der Waals surface area contributed by atoms with Crippen LogP contribution in [0.1, 0.15) is 38.3 Å². The topological polar surface area (TPSA) is 67.0 Å². The lowest BCUT2D eigenvalue weighted by molar-refractivity contribution is -0.116. The van der Waals surface area contributed by atoms with E-state index in [0.29, 0.717) is 23.4 Å². The van der Waals surface area contributed by atoms with Gasteiger partial charge in [0.05, 0.1) is 19.0 Å². The minimum Gasteiger partial charge on any atom is -0.495 e. The first-order valence-electron chi connectivity index (χ1n) is 8.30. The van der Waals surface area contributed by atoms with E-state index in [-0.39, 0.29) is 37.4 Å². The van der Waals surface area contributed by atoms with E-state index < -0.39 is 11.6 Å². The van der Waals surface area contributed by atoms with Crippen LogP contribution in [0.15, 0.2) is 30.6 Å². The number of nitrogens with one attached hydrogen (secondary N) is 2. The van der Waals surface area contributed by atoms with Crippen molar-refractivity contribution in [1.29, 1.82) is 0 Å². The third-order valence-corrected chi connectivity index (χ3v) is 4.13. The van der Waals surface area contributed by atoms with Crippen LogP contribution in [-0.4, -0.2) is 23.0 Å². The van der Waals surface area contributed by atoms with E-state index in [9.17, 15) is 13.6 Å². The first-order valence-corrected chi connectivity index (χ1v) is 8.30. The highest BCUT2D eigenvalue weighted by Crippen LogP contribution is 2.28. The van der Waals surface area contributed by atoms with Gasteiger partial charge in [-0.15, -0.1) is 0 Å². The molecule has 2 aromatic heterocycles. The second kappa shape index (κ2) is 8.62. The molecular weight excluding hydrogens is 352 g/mol. The molecule has 3 aromatic rings. The number of fused-ring (bicyclic) bond motifs is 1. The SMILES string of the molecule is C.CCCC(=O)Nc1ccc(F)c(Cc2c[nH]c3ncc(OC)cc23)c1F. The molecule has 2 N–H and O–H groups in total. The van der Waals surface area contributed by atoms with Crippen LogP contribution in [0.25, 0.3) is 11.0 Å². The smallest absolute Gasteiger partial charge is 0.224 e. The zero-order chi connectivity index (χ0) is 18.7. The lowest BCUT2D eigenvalue weighted by Crippen LogP contribution is -2.13. The fourth-order valence-corrected chi connectivity index (χ4v) is 2.78. The van der Waals surface area contributed by atoms with E-state index in [0.717, 1.165) is 11.5 Å². The molecule has 0 saturated heterocycles. The summed E-state index contributed by atoms with van der Waals surface area (Å²) in [6.07, 6.45) is 4.17. The van der Waals surface area contributed by atoms with Gasteiger partial charge >= 0.3 is 0 Å². The molecule has 0 aliphatic rings. The Kier molecular flexibility index (Phi) is 6.50. The van der Waals surface area contributed by atoms with Crippen LogP contribution in [0.3, 0.4) is 0 Å². The molecule has 0 radical (unpaired) electrons. The number of hydrogen-bond donors (Lipinski definition) is 2. The molecule has 0 spiro atoms. The maximum Gasteiger partial charge on any atom is 0.224 e. The average Bonchev–Trinajstić information content (AvgIpc) is 3.03. The van der Waals surface area contributed by atoms with Crippen LogP contribution in [0.5, 0.6) is 5.75 Å². The van der Waals surface area contributed by atoms with Crippen LogP contribution in [0, 0.1) is 11.6 Å². The maximum atomic E-state index is 14.8. The lowest BCUT2D eigenvalue weighted by atomic mass is 10.0. The molecule has 3 rings (SSSR count). The molecule has 0 unspecified atom stereocenters. The van der Waals surface area contributed by atoms with Gasteiger partial charge in [-0.3, -0.25) is 4.79 Å². The summed E-state index contributed by atoms with van der Waals surface area (Å²) >= 11 is 0. The van der Waals surface area contributed by atoms with Crippen LogP contribution in [0.4, 0.5) is 14.5 Å². The highest BCUT2D eigenvalue weighted by Gasteiger charge is 2.17. The van der Waals surface area contributed by atoms with Gasteiger partial charge in [-0.1, -0.05) is 14.4 Å². The minimum atomic E-state index is -0.764. The predicted octanol–water partition coefficient (Wildman–Crippen LogP) is 4.82. The number of hydrogen-bond acceptors (Lipinski definition) is 3. The third kappa shape index (κ3) is 4.24. The Morgan fingerprint density at radius 1 is 1.33 bits per heavy atom. The van der Waals surface area contributed by atoms with Crippen molar-refractivity contribution in [2.75, 3.05) is 12.4 Å². The second-order valence-corrected chi connectivity index (χ2v) is 5.95. The minimum absolute atomic E-state index is 0. The van der Waals surface area contributed by atoms with Crippen molar-refractivity contribution in [1.82, 2.24) is 9.97 Å². The Bertz CT molecular complexity index is 954. The molecule has 5 nitrogen and oxygen atoms in total. The van der Waals surface area contributed by atoms with E-state index in [1.807, 2.05) is 6.92 Å². The summed E-state index contributed by atoms with van der Waals surface area (Å²) in [6, 6.07) is 4.16. The summed E-state index contributed by atoms with van der Waals surface area (Å²) in [4.78, 5) is 18.9. The number of carbonyl (C=O) groups excluding carboxylic acids is 1. The van der Waals surface area contributed by atoms with Gasteiger partial charge in [0.1, 0.15) is 17.2 Å². The largest absolute Gasteiger partial charge is 0.495 e. The number of methoxy groups -OCH3 is 1. The Morgan fingerprint density at radius 3 is 2.81 bits per heavy atom. The van der Waals surface area contributed by atoms with Gasteiger partial charge in [0.2, 0.25) is 5.91 Å². The summed E-state index contributed by atoms with van der Waals surface area (Å²) in [5, 5.41) is 3.22. The highest BCUT2D eigenvalue weighted by atomic mass is 19.1.